The number of carbonyl (C=O) groups is 1. The van der Waals surface area contributed by atoms with Gasteiger partial charge in [-0.1, -0.05) is 38.3 Å². The molecular weight excluding hydrogens is 272 g/mol. The van der Waals surface area contributed by atoms with E-state index in [0.29, 0.717) is 5.92 Å². The van der Waals surface area contributed by atoms with Crippen LogP contribution in [-0.4, -0.2) is 11.1 Å². The molecule has 0 saturated heterocycles. The fourth-order valence-corrected chi connectivity index (χ4v) is 6.01. The van der Waals surface area contributed by atoms with Gasteiger partial charge in [0, 0.05) is 0 Å². The fraction of sp³-hybridized carbons (Fsp3) is 0.850. The normalized spacial score (nSPS) is 42.0. The second kappa shape index (κ2) is 5.39. The summed E-state index contributed by atoms with van der Waals surface area (Å²) in [4.78, 5) is 12.0. The van der Waals surface area contributed by atoms with Crippen LogP contribution < -0.4 is 0 Å². The lowest BCUT2D eigenvalue weighted by molar-refractivity contribution is -0.159. The van der Waals surface area contributed by atoms with Crippen molar-refractivity contribution in [1.29, 1.82) is 0 Å². The second-order valence-corrected chi connectivity index (χ2v) is 8.91. The minimum atomic E-state index is -0.566. The van der Waals surface area contributed by atoms with E-state index in [4.69, 9.17) is 0 Å². The summed E-state index contributed by atoms with van der Waals surface area (Å²) in [5, 5.41) is 9.85. The van der Waals surface area contributed by atoms with Crippen LogP contribution in [0, 0.1) is 28.6 Å². The molecule has 0 bridgehead atoms. The lowest BCUT2D eigenvalue weighted by atomic mass is 9.48. The molecule has 0 radical (unpaired) electrons. The molecule has 1 saturated carbocycles. The Kier molecular flexibility index (Phi) is 3.94. The van der Waals surface area contributed by atoms with Crippen LogP contribution in [0.4, 0.5) is 0 Å². The quantitative estimate of drug-likeness (QED) is 0.691. The molecule has 2 nitrogen and oxygen atoms in total. The van der Waals surface area contributed by atoms with Gasteiger partial charge < -0.3 is 5.11 Å². The molecule has 0 amide bonds. The van der Waals surface area contributed by atoms with Crippen molar-refractivity contribution in [2.45, 2.75) is 79.1 Å². The standard InChI is InChI=1S/C20H32O2/c1-13(2)14-6-8-16-15(12-14)7-9-17-19(16,3)10-5-11-20(17,4)18(21)22/h13-14,17H,5-12H2,1-4H3,(H,21,22). The maximum atomic E-state index is 12.0. The van der Waals surface area contributed by atoms with Gasteiger partial charge in [0.1, 0.15) is 0 Å². The van der Waals surface area contributed by atoms with E-state index in [9.17, 15) is 9.90 Å². The largest absolute Gasteiger partial charge is 0.481 e. The molecule has 124 valence electrons. The van der Waals surface area contributed by atoms with Crippen LogP contribution in [0.25, 0.3) is 0 Å². The van der Waals surface area contributed by atoms with Gasteiger partial charge in [-0.3, -0.25) is 4.79 Å². The molecule has 0 spiro atoms. The molecule has 3 rings (SSSR count). The Morgan fingerprint density at radius 2 is 1.91 bits per heavy atom. The summed E-state index contributed by atoms with van der Waals surface area (Å²) in [5.74, 6) is 1.38. The van der Waals surface area contributed by atoms with Gasteiger partial charge in [-0.2, -0.15) is 0 Å². The number of rotatable bonds is 2. The fourth-order valence-electron chi connectivity index (χ4n) is 6.01. The van der Waals surface area contributed by atoms with Crippen LogP contribution >= 0.6 is 0 Å². The summed E-state index contributed by atoms with van der Waals surface area (Å²) in [6.07, 6.45) is 9.18. The minimum absolute atomic E-state index is 0.154. The van der Waals surface area contributed by atoms with E-state index in [2.05, 4.69) is 20.8 Å². The molecule has 1 N–H and O–H groups in total. The van der Waals surface area contributed by atoms with Crippen LogP contribution in [0.5, 0.6) is 0 Å². The van der Waals surface area contributed by atoms with Crippen LogP contribution in [0.15, 0.2) is 11.1 Å². The van der Waals surface area contributed by atoms with Gasteiger partial charge in [0.15, 0.2) is 0 Å². The molecule has 0 aromatic carbocycles. The highest BCUT2D eigenvalue weighted by Crippen LogP contribution is 2.62. The number of fused-ring (bicyclic) bond motifs is 2. The van der Waals surface area contributed by atoms with Crippen molar-refractivity contribution in [3.8, 4) is 0 Å². The molecule has 0 aliphatic heterocycles. The van der Waals surface area contributed by atoms with Gasteiger partial charge in [0.05, 0.1) is 5.41 Å². The Labute approximate surface area is 135 Å². The molecule has 1 fully saturated rings. The molecule has 2 heteroatoms. The first-order valence-corrected chi connectivity index (χ1v) is 9.24. The Hall–Kier alpha value is -0.790. The zero-order valence-corrected chi connectivity index (χ0v) is 14.7. The summed E-state index contributed by atoms with van der Waals surface area (Å²) in [6.45, 7) is 9.11. The van der Waals surface area contributed by atoms with Gasteiger partial charge in [-0.25, -0.2) is 0 Å². The van der Waals surface area contributed by atoms with Gasteiger partial charge in [-0.05, 0) is 75.0 Å². The minimum Gasteiger partial charge on any atom is -0.481 e. The second-order valence-electron chi connectivity index (χ2n) is 8.91. The highest BCUT2D eigenvalue weighted by atomic mass is 16.4. The third kappa shape index (κ3) is 2.25. The van der Waals surface area contributed by atoms with Crippen molar-refractivity contribution in [3.63, 3.8) is 0 Å². The Bertz CT molecular complexity index is 504. The number of hydrogen-bond acceptors (Lipinski definition) is 1. The lowest BCUT2D eigenvalue weighted by Crippen LogP contribution is -2.51. The van der Waals surface area contributed by atoms with Crippen LogP contribution in [0.1, 0.15) is 79.1 Å². The van der Waals surface area contributed by atoms with Crippen molar-refractivity contribution in [2.75, 3.05) is 0 Å². The van der Waals surface area contributed by atoms with Crippen LogP contribution in [0.3, 0.4) is 0 Å². The van der Waals surface area contributed by atoms with Crippen molar-refractivity contribution >= 4 is 5.97 Å². The summed E-state index contributed by atoms with van der Waals surface area (Å²) in [7, 11) is 0. The van der Waals surface area contributed by atoms with E-state index in [1.165, 1.54) is 25.7 Å². The van der Waals surface area contributed by atoms with E-state index in [1.54, 1.807) is 11.1 Å². The average molecular weight is 304 g/mol. The first-order valence-electron chi connectivity index (χ1n) is 9.24. The molecular formula is C20H32O2. The molecule has 3 aliphatic carbocycles. The van der Waals surface area contributed by atoms with E-state index in [-0.39, 0.29) is 5.41 Å². The number of allylic oxidation sites excluding steroid dienone is 2. The van der Waals surface area contributed by atoms with Gasteiger partial charge in [0.2, 0.25) is 0 Å². The summed E-state index contributed by atoms with van der Waals surface area (Å²) < 4.78 is 0. The zero-order valence-electron chi connectivity index (χ0n) is 14.7. The number of hydrogen-bond donors (Lipinski definition) is 1. The monoisotopic (exact) mass is 304 g/mol. The molecule has 3 aliphatic rings. The number of aliphatic carboxylic acids is 1. The smallest absolute Gasteiger partial charge is 0.309 e. The predicted octanol–water partition coefficient (Wildman–Crippen LogP) is 5.43. The van der Waals surface area contributed by atoms with Crippen LogP contribution in [0.2, 0.25) is 0 Å². The van der Waals surface area contributed by atoms with Crippen LogP contribution in [-0.2, 0) is 4.79 Å². The predicted molar refractivity (Wildman–Crippen MR) is 89.6 cm³/mol. The van der Waals surface area contributed by atoms with E-state index >= 15 is 0 Å². The Morgan fingerprint density at radius 3 is 2.55 bits per heavy atom. The van der Waals surface area contributed by atoms with E-state index in [0.717, 1.165) is 37.5 Å². The molecule has 4 atom stereocenters. The zero-order chi connectivity index (χ0) is 16.1. The third-order valence-electron chi connectivity index (χ3n) is 7.49. The van der Waals surface area contributed by atoms with E-state index < -0.39 is 11.4 Å². The van der Waals surface area contributed by atoms with Gasteiger partial charge >= 0.3 is 5.97 Å². The molecule has 0 aromatic rings. The highest BCUT2D eigenvalue weighted by Gasteiger charge is 2.56. The van der Waals surface area contributed by atoms with E-state index in [1.807, 2.05) is 6.92 Å². The summed E-state index contributed by atoms with van der Waals surface area (Å²) >= 11 is 0. The Morgan fingerprint density at radius 1 is 1.18 bits per heavy atom. The highest BCUT2D eigenvalue weighted by molar-refractivity contribution is 5.75. The van der Waals surface area contributed by atoms with Crippen molar-refractivity contribution in [3.05, 3.63) is 11.1 Å². The lowest BCUT2D eigenvalue weighted by Gasteiger charge is -2.56. The summed E-state index contributed by atoms with van der Waals surface area (Å²) in [5.41, 5.74) is 3.02. The number of carboxylic acids is 1. The molecule has 22 heavy (non-hydrogen) atoms. The van der Waals surface area contributed by atoms with Gasteiger partial charge in [0.25, 0.3) is 0 Å². The van der Waals surface area contributed by atoms with Crippen molar-refractivity contribution in [1.82, 2.24) is 0 Å². The van der Waals surface area contributed by atoms with Gasteiger partial charge in [-0.15, -0.1) is 0 Å². The summed E-state index contributed by atoms with van der Waals surface area (Å²) in [6, 6.07) is 0. The molecule has 4 unspecified atom stereocenters. The average Bonchev–Trinajstić information content (AvgIpc) is 2.46. The topological polar surface area (TPSA) is 37.3 Å². The molecule has 0 aromatic heterocycles. The maximum absolute atomic E-state index is 12.0. The maximum Gasteiger partial charge on any atom is 0.309 e. The van der Waals surface area contributed by atoms with Crippen molar-refractivity contribution in [2.24, 2.45) is 28.6 Å². The first kappa shape index (κ1) is 16.1. The Balaban J connectivity index is 1.96. The third-order valence-corrected chi connectivity index (χ3v) is 7.49. The molecule has 0 heterocycles. The SMILES string of the molecule is CC(C)C1CCC2=C(CCC3C(C)(C(=O)O)CCCC23C)C1. The number of carboxylic acid groups (broad SMARTS) is 1. The first-order chi connectivity index (χ1) is 10.3. The van der Waals surface area contributed by atoms with Crippen molar-refractivity contribution < 1.29 is 9.90 Å².